The Morgan fingerprint density at radius 3 is 2.95 bits per heavy atom. The Morgan fingerprint density at radius 2 is 2.18 bits per heavy atom. The first-order valence-electron chi connectivity index (χ1n) is 7.74. The summed E-state index contributed by atoms with van der Waals surface area (Å²) in [6.45, 7) is 2.02. The van der Waals surface area contributed by atoms with Gasteiger partial charge in [0, 0.05) is 44.7 Å². The number of carbonyl (C=O) groups excluding carboxylic acids is 2. The minimum absolute atomic E-state index is 0.0147. The largest absolute Gasteiger partial charge is 0.372 e. The van der Waals surface area contributed by atoms with Crippen molar-refractivity contribution in [2.45, 2.75) is 25.3 Å². The lowest BCUT2D eigenvalue weighted by molar-refractivity contribution is -0.115. The van der Waals surface area contributed by atoms with Gasteiger partial charge >= 0.3 is 0 Å². The van der Waals surface area contributed by atoms with Crippen LogP contribution in [0.25, 0.3) is 0 Å². The maximum absolute atomic E-state index is 12.6. The summed E-state index contributed by atoms with van der Waals surface area (Å²) in [4.78, 5) is 28.2. The Hall–Kier alpha value is -2.08. The highest BCUT2D eigenvalue weighted by molar-refractivity contribution is 6.00. The second-order valence-electron chi connectivity index (χ2n) is 6.11. The van der Waals surface area contributed by atoms with E-state index >= 15 is 0 Å². The van der Waals surface area contributed by atoms with Gasteiger partial charge in [-0.3, -0.25) is 9.59 Å². The first kappa shape index (κ1) is 14.8. The Kier molecular flexibility index (Phi) is 4.02. The first-order valence-corrected chi connectivity index (χ1v) is 7.74. The number of amides is 2. The molecule has 6 heteroatoms. The molecule has 2 aliphatic rings. The van der Waals surface area contributed by atoms with Gasteiger partial charge in [-0.2, -0.15) is 0 Å². The molecule has 1 aromatic rings. The summed E-state index contributed by atoms with van der Waals surface area (Å²) >= 11 is 0. The van der Waals surface area contributed by atoms with Crippen molar-refractivity contribution in [1.29, 1.82) is 0 Å². The predicted octanol–water partition coefficient (Wildman–Crippen LogP) is 1.03. The van der Waals surface area contributed by atoms with Crippen LogP contribution in [0.2, 0.25) is 0 Å². The maximum Gasteiger partial charge on any atom is 0.253 e. The van der Waals surface area contributed by atoms with E-state index in [1.54, 1.807) is 11.0 Å². The van der Waals surface area contributed by atoms with Crippen LogP contribution >= 0.6 is 0 Å². The topological polar surface area (TPSA) is 78.7 Å². The van der Waals surface area contributed by atoms with E-state index in [1.807, 2.05) is 24.1 Å². The molecule has 6 nitrogen and oxygen atoms in total. The smallest absolute Gasteiger partial charge is 0.253 e. The zero-order valence-corrected chi connectivity index (χ0v) is 12.8. The number of nitrogens with two attached hydrogens (primary N) is 1. The number of fused-ring (bicyclic) bond motifs is 1. The summed E-state index contributed by atoms with van der Waals surface area (Å²) in [5.41, 5.74) is 8.20. The lowest BCUT2D eigenvalue weighted by Crippen LogP contribution is -2.45. The van der Waals surface area contributed by atoms with Crippen molar-refractivity contribution in [2.24, 2.45) is 5.73 Å². The average molecular weight is 302 g/mol. The molecule has 2 amide bonds. The maximum atomic E-state index is 12.6. The Bertz CT molecular complexity index is 602. The molecule has 1 aromatic carbocycles. The van der Waals surface area contributed by atoms with Crippen LogP contribution in [0.3, 0.4) is 0 Å². The fraction of sp³-hybridized carbons (Fsp3) is 0.500. The quantitative estimate of drug-likeness (QED) is 0.812. The second kappa shape index (κ2) is 5.96. The predicted molar refractivity (Wildman–Crippen MR) is 86.1 cm³/mol. The SMILES string of the molecule is CN1CCC(=O)Nc2cc(C(=O)N3CCCC(N)C3)ccc21. The summed E-state index contributed by atoms with van der Waals surface area (Å²) in [5, 5.41) is 2.88. The minimum Gasteiger partial charge on any atom is -0.372 e. The van der Waals surface area contributed by atoms with E-state index in [2.05, 4.69) is 5.32 Å². The number of carbonyl (C=O) groups is 2. The molecule has 0 radical (unpaired) electrons. The minimum atomic E-state index is -0.0183. The number of nitrogens with zero attached hydrogens (tertiary/aromatic N) is 2. The number of hydrogen-bond acceptors (Lipinski definition) is 4. The van der Waals surface area contributed by atoms with E-state index in [9.17, 15) is 9.59 Å². The molecule has 2 heterocycles. The lowest BCUT2D eigenvalue weighted by Gasteiger charge is -2.31. The van der Waals surface area contributed by atoms with Crippen LogP contribution in [0.5, 0.6) is 0 Å². The molecule has 1 atom stereocenters. The molecule has 0 aliphatic carbocycles. The van der Waals surface area contributed by atoms with Gasteiger partial charge in [0.1, 0.15) is 0 Å². The lowest BCUT2D eigenvalue weighted by atomic mass is 10.0. The van der Waals surface area contributed by atoms with Crippen molar-refractivity contribution in [3.8, 4) is 0 Å². The Labute approximate surface area is 130 Å². The third-order valence-electron chi connectivity index (χ3n) is 4.35. The molecule has 22 heavy (non-hydrogen) atoms. The number of anilines is 2. The van der Waals surface area contributed by atoms with Crippen molar-refractivity contribution < 1.29 is 9.59 Å². The molecule has 0 bridgehead atoms. The van der Waals surface area contributed by atoms with Crippen LogP contribution in [0.15, 0.2) is 18.2 Å². The Balaban J connectivity index is 1.86. The molecule has 0 aromatic heterocycles. The fourth-order valence-corrected chi connectivity index (χ4v) is 3.08. The highest BCUT2D eigenvalue weighted by Gasteiger charge is 2.24. The van der Waals surface area contributed by atoms with Gasteiger partial charge in [-0.1, -0.05) is 0 Å². The summed E-state index contributed by atoms with van der Waals surface area (Å²) in [6.07, 6.45) is 2.36. The van der Waals surface area contributed by atoms with Crippen LogP contribution in [0.1, 0.15) is 29.6 Å². The van der Waals surface area contributed by atoms with Crippen molar-refractivity contribution in [2.75, 3.05) is 36.9 Å². The number of nitrogens with one attached hydrogen (secondary N) is 1. The molecule has 1 unspecified atom stereocenters. The molecular weight excluding hydrogens is 280 g/mol. The molecule has 1 saturated heterocycles. The van der Waals surface area contributed by atoms with E-state index in [1.165, 1.54) is 0 Å². The van der Waals surface area contributed by atoms with Gasteiger partial charge in [0.05, 0.1) is 11.4 Å². The molecule has 0 saturated carbocycles. The molecule has 3 N–H and O–H groups in total. The van der Waals surface area contributed by atoms with Crippen LogP contribution in [-0.2, 0) is 4.79 Å². The number of rotatable bonds is 1. The third-order valence-corrected chi connectivity index (χ3v) is 4.35. The molecule has 118 valence electrons. The van der Waals surface area contributed by atoms with E-state index in [0.717, 1.165) is 25.1 Å². The zero-order valence-electron chi connectivity index (χ0n) is 12.8. The van der Waals surface area contributed by atoms with Crippen molar-refractivity contribution >= 4 is 23.2 Å². The molecule has 0 spiro atoms. The summed E-state index contributed by atoms with van der Waals surface area (Å²) < 4.78 is 0. The van der Waals surface area contributed by atoms with Gasteiger partial charge in [0.2, 0.25) is 5.91 Å². The van der Waals surface area contributed by atoms with E-state index in [-0.39, 0.29) is 17.9 Å². The van der Waals surface area contributed by atoms with E-state index in [4.69, 9.17) is 5.73 Å². The summed E-state index contributed by atoms with van der Waals surface area (Å²) in [5.74, 6) is -0.0331. The van der Waals surface area contributed by atoms with Crippen LogP contribution in [0, 0.1) is 0 Å². The molecule has 3 rings (SSSR count). The summed E-state index contributed by atoms with van der Waals surface area (Å²) in [7, 11) is 1.95. The highest BCUT2D eigenvalue weighted by Crippen LogP contribution is 2.29. The molecule has 1 fully saturated rings. The molecule has 2 aliphatic heterocycles. The monoisotopic (exact) mass is 302 g/mol. The number of likely N-dealkylation sites (tertiary alicyclic amines) is 1. The fourth-order valence-electron chi connectivity index (χ4n) is 3.08. The van der Waals surface area contributed by atoms with Gasteiger partial charge in [-0.05, 0) is 31.0 Å². The highest BCUT2D eigenvalue weighted by atomic mass is 16.2. The van der Waals surface area contributed by atoms with E-state index in [0.29, 0.717) is 30.8 Å². The summed E-state index contributed by atoms with van der Waals surface area (Å²) in [6, 6.07) is 5.56. The van der Waals surface area contributed by atoms with Crippen molar-refractivity contribution in [1.82, 2.24) is 4.90 Å². The van der Waals surface area contributed by atoms with E-state index < -0.39 is 0 Å². The van der Waals surface area contributed by atoms with Crippen molar-refractivity contribution in [3.63, 3.8) is 0 Å². The first-order chi connectivity index (χ1) is 10.5. The number of benzene rings is 1. The third kappa shape index (κ3) is 2.92. The second-order valence-corrected chi connectivity index (χ2v) is 6.11. The number of hydrogen-bond donors (Lipinski definition) is 2. The van der Waals surface area contributed by atoms with Crippen LogP contribution < -0.4 is 16.0 Å². The normalized spacial score (nSPS) is 21.9. The van der Waals surface area contributed by atoms with Gasteiger partial charge in [-0.15, -0.1) is 0 Å². The molecular formula is C16H22N4O2. The van der Waals surface area contributed by atoms with Crippen LogP contribution in [-0.4, -0.2) is 49.4 Å². The standard InChI is InChI=1S/C16H22N4O2/c1-19-8-6-15(21)18-13-9-11(4-5-14(13)19)16(22)20-7-2-3-12(17)10-20/h4-5,9,12H,2-3,6-8,10,17H2,1H3,(H,18,21). The van der Waals surface area contributed by atoms with Crippen LogP contribution in [0.4, 0.5) is 11.4 Å². The Morgan fingerprint density at radius 1 is 1.36 bits per heavy atom. The zero-order chi connectivity index (χ0) is 15.7. The van der Waals surface area contributed by atoms with Crippen molar-refractivity contribution in [3.05, 3.63) is 23.8 Å². The number of piperidine rings is 1. The average Bonchev–Trinajstić information content (AvgIpc) is 2.65. The van der Waals surface area contributed by atoms with Gasteiger partial charge in [0.25, 0.3) is 5.91 Å². The van der Waals surface area contributed by atoms with Gasteiger partial charge in [0.15, 0.2) is 0 Å². The van der Waals surface area contributed by atoms with Gasteiger partial charge in [-0.25, -0.2) is 0 Å². The van der Waals surface area contributed by atoms with Gasteiger partial charge < -0.3 is 20.9 Å².